The van der Waals surface area contributed by atoms with Crippen molar-refractivity contribution in [2.45, 2.75) is 24.9 Å². The van der Waals surface area contributed by atoms with Crippen LogP contribution in [0.3, 0.4) is 0 Å². The number of anilines is 1. The third-order valence-corrected chi connectivity index (χ3v) is 4.97. The van der Waals surface area contributed by atoms with Crippen LogP contribution in [0.1, 0.15) is 18.1 Å². The largest absolute Gasteiger partial charge is 0.495 e. The first-order valence-corrected chi connectivity index (χ1v) is 8.74. The lowest BCUT2D eigenvalue weighted by Crippen LogP contribution is -2.23. The number of benzene rings is 2. The van der Waals surface area contributed by atoms with E-state index in [2.05, 4.69) is 24.4 Å². The first kappa shape index (κ1) is 17.7. The summed E-state index contributed by atoms with van der Waals surface area (Å²) < 4.78 is 5.25. The molecule has 23 heavy (non-hydrogen) atoms. The highest BCUT2D eigenvalue weighted by molar-refractivity contribution is 7.99. The predicted octanol–water partition coefficient (Wildman–Crippen LogP) is 4.92. The third-order valence-electron chi connectivity index (χ3n) is 3.54. The molecule has 0 saturated heterocycles. The first-order chi connectivity index (χ1) is 11.0. The quantitative estimate of drug-likeness (QED) is 0.804. The van der Waals surface area contributed by atoms with Crippen LogP contribution in [0.2, 0.25) is 5.02 Å². The number of amides is 1. The molecular weight excluding hydrogens is 330 g/mol. The van der Waals surface area contributed by atoms with Gasteiger partial charge in [-0.25, -0.2) is 0 Å². The Kier molecular flexibility index (Phi) is 6.37. The third kappa shape index (κ3) is 4.91. The van der Waals surface area contributed by atoms with Crippen LogP contribution in [0.15, 0.2) is 42.5 Å². The van der Waals surface area contributed by atoms with Gasteiger partial charge < -0.3 is 10.1 Å². The minimum Gasteiger partial charge on any atom is -0.495 e. The maximum atomic E-state index is 12.4. The summed E-state index contributed by atoms with van der Waals surface area (Å²) in [7, 11) is 1.56. The summed E-state index contributed by atoms with van der Waals surface area (Å²) in [5.41, 5.74) is 3.08. The Labute approximate surface area is 146 Å². The normalized spacial score (nSPS) is 11.8. The Morgan fingerprint density at radius 2 is 2.04 bits per heavy atom. The van der Waals surface area contributed by atoms with Crippen LogP contribution >= 0.6 is 23.4 Å². The Morgan fingerprint density at radius 3 is 2.74 bits per heavy atom. The van der Waals surface area contributed by atoms with Gasteiger partial charge in [0, 0.05) is 10.8 Å². The van der Waals surface area contributed by atoms with Crippen LogP contribution in [0.25, 0.3) is 0 Å². The zero-order valence-electron chi connectivity index (χ0n) is 13.4. The standard InChI is InChI=1S/C18H20ClNO2S/c1-12-6-4-5-7-14(12)11-23-13(2)18(21)20-16-10-15(19)8-9-17(16)22-3/h4-10,13H,11H2,1-3H3,(H,20,21)/t13-/m1/s1. The summed E-state index contributed by atoms with van der Waals surface area (Å²) in [6, 6.07) is 13.4. The molecule has 0 heterocycles. The maximum Gasteiger partial charge on any atom is 0.237 e. The highest BCUT2D eigenvalue weighted by Crippen LogP contribution is 2.29. The number of hydrogen-bond acceptors (Lipinski definition) is 3. The summed E-state index contributed by atoms with van der Waals surface area (Å²) >= 11 is 7.59. The van der Waals surface area contributed by atoms with Crippen molar-refractivity contribution in [1.29, 1.82) is 0 Å². The van der Waals surface area contributed by atoms with E-state index in [1.165, 1.54) is 11.1 Å². The lowest BCUT2D eigenvalue weighted by atomic mass is 10.1. The number of halogens is 1. The predicted molar refractivity (Wildman–Crippen MR) is 98.6 cm³/mol. The van der Waals surface area contributed by atoms with E-state index in [0.29, 0.717) is 16.5 Å². The van der Waals surface area contributed by atoms with E-state index in [4.69, 9.17) is 16.3 Å². The second-order valence-corrected chi connectivity index (χ2v) is 6.98. The van der Waals surface area contributed by atoms with Crippen molar-refractivity contribution in [3.8, 4) is 5.75 Å². The lowest BCUT2D eigenvalue weighted by Gasteiger charge is -2.15. The molecule has 1 amide bonds. The molecule has 0 saturated carbocycles. The Hall–Kier alpha value is -1.65. The van der Waals surface area contributed by atoms with E-state index in [-0.39, 0.29) is 11.2 Å². The number of carbonyl (C=O) groups excluding carboxylic acids is 1. The molecule has 3 nitrogen and oxygen atoms in total. The molecule has 0 aliphatic rings. The number of nitrogens with one attached hydrogen (secondary N) is 1. The van der Waals surface area contributed by atoms with Crippen LogP contribution in [-0.4, -0.2) is 18.3 Å². The van der Waals surface area contributed by atoms with Crippen molar-refractivity contribution >= 4 is 35.0 Å². The van der Waals surface area contributed by atoms with Crippen molar-refractivity contribution in [3.63, 3.8) is 0 Å². The van der Waals surface area contributed by atoms with E-state index in [0.717, 1.165) is 5.75 Å². The summed E-state index contributed by atoms with van der Waals surface area (Å²) in [5.74, 6) is 1.33. The summed E-state index contributed by atoms with van der Waals surface area (Å²) in [6.45, 7) is 3.98. The van der Waals surface area contributed by atoms with Gasteiger partial charge in [-0.15, -0.1) is 11.8 Å². The Morgan fingerprint density at radius 1 is 1.30 bits per heavy atom. The summed E-state index contributed by atoms with van der Waals surface area (Å²) in [6.07, 6.45) is 0. The number of carbonyl (C=O) groups is 1. The number of rotatable bonds is 6. The SMILES string of the molecule is COc1ccc(Cl)cc1NC(=O)[C@@H](C)SCc1ccccc1C. The molecule has 0 bridgehead atoms. The Bertz CT molecular complexity index is 690. The summed E-state index contributed by atoms with van der Waals surface area (Å²) in [5, 5.41) is 3.26. The van der Waals surface area contributed by atoms with Gasteiger partial charge in [-0.05, 0) is 43.2 Å². The van der Waals surface area contributed by atoms with Crippen molar-refractivity contribution in [1.82, 2.24) is 0 Å². The van der Waals surface area contributed by atoms with Crippen molar-refractivity contribution in [3.05, 3.63) is 58.6 Å². The zero-order chi connectivity index (χ0) is 16.8. The molecule has 2 rings (SSSR count). The zero-order valence-corrected chi connectivity index (χ0v) is 15.0. The molecule has 0 fully saturated rings. The molecule has 5 heteroatoms. The van der Waals surface area contributed by atoms with Gasteiger partial charge in [0.2, 0.25) is 5.91 Å². The van der Waals surface area contributed by atoms with Crippen LogP contribution in [0, 0.1) is 6.92 Å². The molecule has 0 radical (unpaired) electrons. The van der Waals surface area contributed by atoms with E-state index in [1.807, 2.05) is 19.1 Å². The van der Waals surface area contributed by atoms with Gasteiger partial charge in [-0.2, -0.15) is 0 Å². The fourth-order valence-electron chi connectivity index (χ4n) is 2.07. The van der Waals surface area contributed by atoms with E-state index < -0.39 is 0 Å². The lowest BCUT2D eigenvalue weighted by molar-refractivity contribution is -0.115. The van der Waals surface area contributed by atoms with Crippen molar-refractivity contribution < 1.29 is 9.53 Å². The fraction of sp³-hybridized carbons (Fsp3) is 0.278. The van der Waals surface area contributed by atoms with E-state index in [1.54, 1.807) is 37.1 Å². The van der Waals surface area contributed by atoms with Gasteiger partial charge in [0.1, 0.15) is 5.75 Å². The van der Waals surface area contributed by atoms with Crippen molar-refractivity contribution in [2.75, 3.05) is 12.4 Å². The topological polar surface area (TPSA) is 38.3 Å². The van der Waals surface area contributed by atoms with Gasteiger partial charge >= 0.3 is 0 Å². The van der Waals surface area contributed by atoms with Crippen LogP contribution in [-0.2, 0) is 10.5 Å². The molecule has 122 valence electrons. The molecular formula is C18H20ClNO2S. The monoisotopic (exact) mass is 349 g/mol. The molecule has 0 aromatic heterocycles. The van der Waals surface area contributed by atoms with Gasteiger partial charge in [0.25, 0.3) is 0 Å². The second-order valence-electron chi connectivity index (χ2n) is 5.21. The highest BCUT2D eigenvalue weighted by Gasteiger charge is 2.16. The van der Waals surface area contributed by atoms with E-state index >= 15 is 0 Å². The number of hydrogen-bond donors (Lipinski definition) is 1. The number of ether oxygens (including phenoxy) is 1. The van der Waals surface area contributed by atoms with Gasteiger partial charge in [0.05, 0.1) is 18.0 Å². The number of aryl methyl sites for hydroxylation is 1. The average molecular weight is 350 g/mol. The first-order valence-electron chi connectivity index (χ1n) is 7.31. The van der Waals surface area contributed by atoms with Crippen LogP contribution < -0.4 is 10.1 Å². The van der Waals surface area contributed by atoms with Gasteiger partial charge in [-0.3, -0.25) is 4.79 Å². The second kappa shape index (κ2) is 8.27. The van der Waals surface area contributed by atoms with Crippen LogP contribution in [0.5, 0.6) is 5.75 Å². The molecule has 0 spiro atoms. The maximum absolute atomic E-state index is 12.4. The van der Waals surface area contributed by atoms with Crippen LogP contribution in [0.4, 0.5) is 5.69 Å². The summed E-state index contributed by atoms with van der Waals surface area (Å²) in [4.78, 5) is 12.4. The van der Waals surface area contributed by atoms with Gasteiger partial charge in [0.15, 0.2) is 0 Å². The minimum atomic E-state index is -0.182. The molecule has 1 N–H and O–H groups in total. The van der Waals surface area contributed by atoms with E-state index in [9.17, 15) is 4.79 Å². The van der Waals surface area contributed by atoms with Gasteiger partial charge in [-0.1, -0.05) is 35.9 Å². The number of thioether (sulfide) groups is 1. The highest BCUT2D eigenvalue weighted by atomic mass is 35.5. The molecule has 2 aromatic carbocycles. The average Bonchev–Trinajstić information content (AvgIpc) is 2.54. The fourth-order valence-corrected chi connectivity index (χ4v) is 3.21. The molecule has 1 atom stereocenters. The smallest absolute Gasteiger partial charge is 0.237 e. The minimum absolute atomic E-state index is 0.0656. The molecule has 2 aromatic rings. The Balaban J connectivity index is 1.98. The molecule has 0 unspecified atom stereocenters. The van der Waals surface area contributed by atoms with Crippen molar-refractivity contribution in [2.24, 2.45) is 0 Å². The number of methoxy groups -OCH3 is 1. The molecule has 0 aliphatic heterocycles. The molecule has 0 aliphatic carbocycles.